The molecule has 144 valence electrons. The predicted octanol–water partition coefficient (Wildman–Crippen LogP) is 3.96. The van der Waals surface area contributed by atoms with Gasteiger partial charge in [-0.15, -0.1) is 11.3 Å². The summed E-state index contributed by atoms with van der Waals surface area (Å²) in [5, 5.41) is 3.64. The minimum atomic E-state index is -0.285. The Morgan fingerprint density at radius 2 is 1.83 bits per heavy atom. The number of benzene rings is 1. The van der Waals surface area contributed by atoms with E-state index in [4.69, 9.17) is 15.2 Å². The van der Waals surface area contributed by atoms with E-state index in [2.05, 4.69) is 15.3 Å². The van der Waals surface area contributed by atoms with Crippen molar-refractivity contribution in [3.05, 3.63) is 59.7 Å². The van der Waals surface area contributed by atoms with E-state index in [9.17, 15) is 4.79 Å². The van der Waals surface area contributed by atoms with Crippen molar-refractivity contribution in [2.45, 2.75) is 0 Å². The summed E-state index contributed by atoms with van der Waals surface area (Å²) in [7, 11) is 0. The van der Waals surface area contributed by atoms with Crippen LogP contribution in [-0.4, -0.2) is 29.1 Å². The monoisotopic (exact) mass is 404 g/mol. The van der Waals surface area contributed by atoms with E-state index in [0.717, 1.165) is 16.6 Å². The summed E-state index contributed by atoms with van der Waals surface area (Å²) < 4.78 is 11.1. The van der Waals surface area contributed by atoms with Gasteiger partial charge in [-0.25, -0.2) is 4.98 Å². The maximum Gasteiger partial charge on any atom is 0.267 e. The highest BCUT2D eigenvalue weighted by Crippen LogP contribution is 2.36. The largest absolute Gasteiger partial charge is 0.486 e. The molecule has 7 nitrogen and oxygen atoms in total. The number of carbonyl (C=O) groups is 1. The van der Waals surface area contributed by atoms with Gasteiger partial charge in [0.2, 0.25) is 0 Å². The van der Waals surface area contributed by atoms with E-state index >= 15 is 0 Å². The summed E-state index contributed by atoms with van der Waals surface area (Å²) >= 11 is 1.27. The zero-order valence-electron chi connectivity index (χ0n) is 15.2. The van der Waals surface area contributed by atoms with Crippen molar-refractivity contribution in [1.29, 1.82) is 0 Å². The molecule has 3 N–H and O–H groups in total. The fraction of sp³-hybridized carbons (Fsp3) is 0.0952. The van der Waals surface area contributed by atoms with Gasteiger partial charge in [0.05, 0.1) is 11.4 Å². The number of hydrogen-bond acceptors (Lipinski definition) is 7. The molecule has 1 amide bonds. The molecule has 0 saturated heterocycles. The van der Waals surface area contributed by atoms with Crippen LogP contribution >= 0.6 is 11.3 Å². The molecule has 0 bridgehead atoms. The van der Waals surface area contributed by atoms with Crippen LogP contribution in [0.3, 0.4) is 0 Å². The molecule has 0 spiro atoms. The van der Waals surface area contributed by atoms with Crippen molar-refractivity contribution in [2.75, 3.05) is 24.3 Å². The van der Waals surface area contributed by atoms with Crippen molar-refractivity contribution in [3.63, 3.8) is 0 Å². The zero-order chi connectivity index (χ0) is 19.8. The molecule has 0 atom stereocenters. The van der Waals surface area contributed by atoms with E-state index < -0.39 is 0 Å². The van der Waals surface area contributed by atoms with Gasteiger partial charge in [-0.2, -0.15) is 0 Å². The Bertz CT molecular complexity index is 1220. The van der Waals surface area contributed by atoms with Crippen LogP contribution in [0.2, 0.25) is 0 Å². The third kappa shape index (κ3) is 3.23. The van der Waals surface area contributed by atoms with Crippen molar-refractivity contribution < 1.29 is 14.3 Å². The molecule has 0 saturated carbocycles. The summed E-state index contributed by atoms with van der Waals surface area (Å²) in [4.78, 5) is 22.7. The highest BCUT2D eigenvalue weighted by Gasteiger charge is 2.19. The minimum Gasteiger partial charge on any atom is -0.486 e. The van der Waals surface area contributed by atoms with Gasteiger partial charge in [-0.1, -0.05) is 0 Å². The van der Waals surface area contributed by atoms with Gasteiger partial charge in [-0.05, 0) is 36.4 Å². The Hall–Kier alpha value is -3.65. The molecule has 4 heterocycles. The molecular weight excluding hydrogens is 388 g/mol. The number of nitrogen functional groups attached to an aromatic ring is 1. The summed E-state index contributed by atoms with van der Waals surface area (Å²) in [6.45, 7) is 1.00. The van der Waals surface area contributed by atoms with Crippen molar-refractivity contribution in [2.24, 2.45) is 0 Å². The van der Waals surface area contributed by atoms with Gasteiger partial charge in [0.1, 0.15) is 22.9 Å². The second-order valence-corrected chi connectivity index (χ2v) is 7.44. The Kier molecular flexibility index (Phi) is 4.25. The fourth-order valence-electron chi connectivity index (χ4n) is 3.16. The number of fused-ring (bicyclic) bond motifs is 2. The number of nitrogens with one attached hydrogen (secondary N) is 1. The van der Waals surface area contributed by atoms with Gasteiger partial charge in [0, 0.05) is 35.1 Å². The average molecular weight is 404 g/mol. The number of pyridine rings is 2. The van der Waals surface area contributed by atoms with E-state index in [1.54, 1.807) is 30.6 Å². The molecule has 5 rings (SSSR count). The lowest BCUT2D eigenvalue weighted by molar-refractivity contribution is 0.103. The maximum atomic E-state index is 12.8. The van der Waals surface area contributed by atoms with Gasteiger partial charge in [0.15, 0.2) is 11.5 Å². The standard InChI is InChI=1S/C21H16N4O3S/c22-18-14-2-3-15(12-5-7-23-8-6-12)25-21(14)29-19(18)20(26)24-13-1-4-16-17(11-13)28-10-9-27-16/h1-8,11H,9-10,22H2,(H,24,26). The van der Waals surface area contributed by atoms with E-state index in [1.807, 2.05) is 24.3 Å². The van der Waals surface area contributed by atoms with Crippen LogP contribution in [0.25, 0.3) is 21.5 Å². The Morgan fingerprint density at radius 1 is 1.03 bits per heavy atom. The molecule has 29 heavy (non-hydrogen) atoms. The van der Waals surface area contributed by atoms with E-state index in [1.165, 1.54) is 11.3 Å². The van der Waals surface area contributed by atoms with Crippen molar-refractivity contribution >= 4 is 38.8 Å². The second kappa shape index (κ2) is 7.06. The number of amides is 1. The summed E-state index contributed by atoms with van der Waals surface area (Å²) in [5.74, 6) is 0.998. The molecule has 1 aromatic carbocycles. The number of hydrogen-bond donors (Lipinski definition) is 2. The molecule has 1 aliphatic heterocycles. The lowest BCUT2D eigenvalue weighted by Crippen LogP contribution is -2.16. The second-order valence-electron chi connectivity index (χ2n) is 6.44. The third-order valence-corrected chi connectivity index (χ3v) is 5.69. The van der Waals surface area contributed by atoms with Gasteiger partial charge in [0.25, 0.3) is 5.91 Å². The molecule has 4 aromatic rings. The first-order chi connectivity index (χ1) is 14.2. The van der Waals surface area contributed by atoms with E-state index in [-0.39, 0.29) is 5.91 Å². The number of aromatic nitrogens is 2. The lowest BCUT2D eigenvalue weighted by atomic mass is 10.1. The third-order valence-electron chi connectivity index (χ3n) is 4.58. The number of anilines is 2. The van der Waals surface area contributed by atoms with Crippen LogP contribution in [0.1, 0.15) is 9.67 Å². The number of rotatable bonds is 3. The lowest BCUT2D eigenvalue weighted by Gasteiger charge is -2.18. The first-order valence-electron chi connectivity index (χ1n) is 8.99. The Morgan fingerprint density at radius 3 is 2.66 bits per heavy atom. The molecule has 0 unspecified atom stereocenters. The minimum absolute atomic E-state index is 0.285. The maximum absolute atomic E-state index is 12.8. The number of thiophene rings is 1. The smallest absolute Gasteiger partial charge is 0.267 e. The van der Waals surface area contributed by atoms with Crippen LogP contribution in [0.15, 0.2) is 54.9 Å². The fourth-order valence-corrected chi connectivity index (χ4v) is 4.15. The molecule has 0 radical (unpaired) electrons. The van der Waals surface area contributed by atoms with Crippen LogP contribution < -0.4 is 20.5 Å². The quantitative estimate of drug-likeness (QED) is 0.536. The zero-order valence-corrected chi connectivity index (χ0v) is 16.0. The van der Waals surface area contributed by atoms with Gasteiger partial charge in [-0.3, -0.25) is 9.78 Å². The van der Waals surface area contributed by atoms with Crippen LogP contribution in [0.4, 0.5) is 11.4 Å². The normalized spacial score (nSPS) is 12.7. The van der Waals surface area contributed by atoms with Crippen LogP contribution in [0.5, 0.6) is 11.5 Å². The number of carbonyl (C=O) groups excluding carboxylic acids is 1. The Labute approximate surface area is 170 Å². The van der Waals surface area contributed by atoms with Crippen LogP contribution in [0, 0.1) is 0 Å². The molecule has 1 aliphatic rings. The number of ether oxygens (including phenoxy) is 2. The molecule has 3 aromatic heterocycles. The first kappa shape index (κ1) is 17.4. The van der Waals surface area contributed by atoms with E-state index in [0.29, 0.717) is 45.8 Å². The average Bonchev–Trinajstić information content (AvgIpc) is 3.10. The molecule has 0 fully saturated rings. The highest BCUT2D eigenvalue weighted by atomic mass is 32.1. The molecule has 8 heteroatoms. The summed E-state index contributed by atoms with van der Waals surface area (Å²) in [6.07, 6.45) is 3.44. The summed E-state index contributed by atoms with van der Waals surface area (Å²) in [6, 6.07) is 12.9. The first-order valence-corrected chi connectivity index (χ1v) is 9.81. The molecular formula is C21H16N4O3S. The topological polar surface area (TPSA) is 99.4 Å². The van der Waals surface area contributed by atoms with Crippen molar-refractivity contribution in [3.8, 4) is 22.8 Å². The Balaban J connectivity index is 1.45. The predicted molar refractivity (Wildman–Crippen MR) is 113 cm³/mol. The van der Waals surface area contributed by atoms with Crippen molar-refractivity contribution in [1.82, 2.24) is 9.97 Å². The van der Waals surface area contributed by atoms with Gasteiger partial charge >= 0.3 is 0 Å². The summed E-state index contributed by atoms with van der Waals surface area (Å²) in [5.41, 5.74) is 9.05. The number of nitrogens with zero attached hydrogens (tertiary/aromatic N) is 2. The highest BCUT2D eigenvalue weighted by molar-refractivity contribution is 7.21. The molecule has 0 aliphatic carbocycles. The SMILES string of the molecule is Nc1c(C(=O)Nc2ccc3c(c2)OCCO3)sc2nc(-c3ccncc3)ccc12. The van der Waals surface area contributed by atoms with Crippen LogP contribution in [-0.2, 0) is 0 Å². The number of nitrogens with two attached hydrogens (primary N) is 1. The van der Waals surface area contributed by atoms with Gasteiger partial charge < -0.3 is 20.5 Å².